The molecule has 1 aromatic carbocycles. The summed E-state index contributed by atoms with van der Waals surface area (Å²) in [7, 11) is -3.13. The number of amides is 2. The van der Waals surface area contributed by atoms with E-state index in [4.69, 9.17) is 0 Å². The molecule has 0 aromatic heterocycles. The van der Waals surface area contributed by atoms with Gasteiger partial charge in [0.15, 0.2) is 0 Å². The van der Waals surface area contributed by atoms with Crippen LogP contribution in [0, 0.1) is 0 Å². The molecule has 1 aliphatic heterocycles. The van der Waals surface area contributed by atoms with Crippen molar-refractivity contribution >= 4 is 27.5 Å². The molecule has 8 nitrogen and oxygen atoms in total. The molecule has 3 N–H and O–H groups in total. The molecule has 9 heteroatoms. The maximum Gasteiger partial charge on any atom is 0.313 e. The van der Waals surface area contributed by atoms with E-state index in [-0.39, 0.29) is 0 Å². The Morgan fingerprint density at radius 2 is 1.75 bits per heavy atom. The summed E-state index contributed by atoms with van der Waals surface area (Å²) in [4.78, 5) is 24.7. The van der Waals surface area contributed by atoms with Crippen LogP contribution in [0.15, 0.2) is 30.3 Å². The molecule has 1 heterocycles. The van der Waals surface area contributed by atoms with E-state index in [2.05, 4.69) is 10.6 Å². The number of hydrogen-bond donors (Lipinski definition) is 3. The number of quaternary nitrogens is 1. The zero-order chi connectivity index (χ0) is 17.6. The van der Waals surface area contributed by atoms with Gasteiger partial charge in [0.05, 0.1) is 45.5 Å². The number of piperazine rings is 1. The van der Waals surface area contributed by atoms with Crippen molar-refractivity contribution in [2.45, 2.75) is 0 Å². The number of benzene rings is 1. The topological polar surface area (TPSA) is 100 Å². The number of carbonyl (C=O) groups excluding carboxylic acids is 2. The molecule has 0 bridgehead atoms. The van der Waals surface area contributed by atoms with Gasteiger partial charge in [-0.05, 0) is 12.1 Å². The summed E-state index contributed by atoms with van der Waals surface area (Å²) in [5.41, 5.74) is 0.570. The standard InChI is InChI=1S/C15H22N4O4S/c1-24(22,23)19-11-9-18(10-12-19)8-7-16-14(20)15(21)17-13-5-3-2-4-6-13/h2-6H,7-12H2,1H3,(H,16,20)(H,17,21)/p+1. The van der Waals surface area contributed by atoms with Crippen LogP contribution >= 0.6 is 0 Å². The average molecular weight is 355 g/mol. The molecular formula is C15H23N4O4S+. The van der Waals surface area contributed by atoms with Crippen LogP contribution in [-0.2, 0) is 19.6 Å². The van der Waals surface area contributed by atoms with E-state index >= 15 is 0 Å². The molecule has 0 saturated carbocycles. The van der Waals surface area contributed by atoms with Gasteiger partial charge >= 0.3 is 11.8 Å². The Balaban J connectivity index is 1.67. The van der Waals surface area contributed by atoms with E-state index < -0.39 is 21.8 Å². The van der Waals surface area contributed by atoms with Crippen molar-refractivity contribution in [3.05, 3.63) is 30.3 Å². The van der Waals surface area contributed by atoms with Crippen LogP contribution in [0.3, 0.4) is 0 Å². The fourth-order valence-electron chi connectivity index (χ4n) is 2.53. The number of hydrogen-bond acceptors (Lipinski definition) is 4. The number of nitrogens with zero attached hydrogens (tertiary/aromatic N) is 1. The summed E-state index contributed by atoms with van der Waals surface area (Å²) in [6.07, 6.45) is 1.21. The van der Waals surface area contributed by atoms with Crippen LogP contribution < -0.4 is 15.5 Å². The van der Waals surface area contributed by atoms with Gasteiger partial charge in [0.25, 0.3) is 0 Å². The second-order valence-electron chi connectivity index (χ2n) is 5.74. The Hall–Kier alpha value is -1.97. The Morgan fingerprint density at radius 3 is 2.33 bits per heavy atom. The van der Waals surface area contributed by atoms with Crippen LogP contribution in [0.25, 0.3) is 0 Å². The fourth-order valence-corrected chi connectivity index (χ4v) is 3.37. The Kier molecular flexibility index (Phi) is 6.29. The highest BCUT2D eigenvalue weighted by Crippen LogP contribution is 2.04. The van der Waals surface area contributed by atoms with E-state index in [1.807, 2.05) is 6.07 Å². The molecule has 1 fully saturated rings. The van der Waals surface area contributed by atoms with Crippen molar-refractivity contribution in [1.82, 2.24) is 9.62 Å². The minimum atomic E-state index is -3.13. The van der Waals surface area contributed by atoms with Gasteiger partial charge in [-0.3, -0.25) is 9.59 Å². The van der Waals surface area contributed by atoms with E-state index in [1.165, 1.54) is 15.5 Å². The van der Waals surface area contributed by atoms with Crippen LogP contribution in [0.2, 0.25) is 0 Å². The number of rotatable bonds is 5. The molecule has 0 unspecified atom stereocenters. The predicted molar refractivity (Wildman–Crippen MR) is 90.1 cm³/mol. The minimum Gasteiger partial charge on any atom is -0.342 e. The lowest BCUT2D eigenvalue weighted by Gasteiger charge is -2.30. The first-order chi connectivity index (χ1) is 11.4. The summed E-state index contributed by atoms with van der Waals surface area (Å²) < 4.78 is 24.3. The third kappa shape index (κ3) is 5.59. The van der Waals surface area contributed by atoms with Gasteiger partial charge in [-0.1, -0.05) is 18.2 Å². The van der Waals surface area contributed by atoms with Crippen molar-refractivity contribution in [1.29, 1.82) is 0 Å². The lowest BCUT2D eigenvalue weighted by atomic mass is 10.3. The van der Waals surface area contributed by atoms with E-state index in [0.29, 0.717) is 45.0 Å². The summed E-state index contributed by atoms with van der Waals surface area (Å²) in [6, 6.07) is 8.77. The van der Waals surface area contributed by atoms with Crippen LogP contribution in [-0.4, -0.2) is 70.1 Å². The second kappa shape index (κ2) is 8.22. The zero-order valence-electron chi connectivity index (χ0n) is 13.6. The van der Waals surface area contributed by atoms with Crippen molar-refractivity contribution in [3.63, 3.8) is 0 Å². The van der Waals surface area contributed by atoms with Crippen molar-refractivity contribution in [2.24, 2.45) is 0 Å². The molecule has 1 aromatic rings. The highest BCUT2D eigenvalue weighted by Gasteiger charge is 2.25. The van der Waals surface area contributed by atoms with Gasteiger partial charge in [0.2, 0.25) is 10.0 Å². The molecule has 24 heavy (non-hydrogen) atoms. The van der Waals surface area contributed by atoms with Crippen molar-refractivity contribution in [3.8, 4) is 0 Å². The van der Waals surface area contributed by atoms with E-state index in [9.17, 15) is 18.0 Å². The number of carbonyl (C=O) groups is 2. The molecular weight excluding hydrogens is 332 g/mol. The third-order valence-electron chi connectivity index (χ3n) is 3.90. The molecule has 0 aliphatic carbocycles. The van der Waals surface area contributed by atoms with Gasteiger partial charge in [0.1, 0.15) is 0 Å². The van der Waals surface area contributed by atoms with E-state index in [0.717, 1.165) is 0 Å². The van der Waals surface area contributed by atoms with Crippen LogP contribution in [0.1, 0.15) is 0 Å². The van der Waals surface area contributed by atoms with Gasteiger partial charge in [-0.15, -0.1) is 0 Å². The number of para-hydroxylation sites is 1. The molecule has 0 atom stereocenters. The molecule has 132 valence electrons. The second-order valence-corrected chi connectivity index (χ2v) is 7.72. The maximum absolute atomic E-state index is 11.8. The smallest absolute Gasteiger partial charge is 0.313 e. The quantitative estimate of drug-likeness (QED) is 0.527. The zero-order valence-corrected chi connectivity index (χ0v) is 14.4. The molecule has 2 amide bonds. The lowest BCUT2D eigenvalue weighted by molar-refractivity contribution is -0.902. The normalized spacial score (nSPS) is 16.5. The van der Waals surface area contributed by atoms with Gasteiger partial charge in [-0.25, -0.2) is 8.42 Å². The maximum atomic E-state index is 11.8. The highest BCUT2D eigenvalue weighted by atomic mass is 32.2. The Labute approximate surface area is 141 Å². The molecule has 2 rings (SSSR count). The van der Waals surface area contributed by atoms with Crippen molar-refractivity contribution in [2.75, 3.05) is 50.8 Å². The Bertz CT molecular complexity index is 670. The summed E-state index contributed by atoms with van der Waals surface area (Å²) >= 11 is 0. The first-order valence-electron chi connectivity index (χ1n) is 7.79. The first kappa shape index (κ1) is 18.4. The largest absolute Gasteiger partial charge is 0.342 e. The number of nitrogens with one attached hydrogen (secondary N) is 3. The van der Waals surface area contributed by atoms with E-state index in [1.54, 1.807) is 24.3 Å². The number of sulfonamides is 1. The Morgan fingerprint density at radius 1 is 1.12 bits per heavy atom. The third-order valence-corrected chi connectivity index (χ3v) is 5.20. The molecule has 0 radical (unpaired) electrons. The molecule has 1 saturated heterocycles. The highest BCUT2D eigenvalue weighted by molar-refractivity contribution is 7.88. The SMILES string of the molecule is CS(=O)(=O)N1CC[NH+](CCNC(=O)C(=O)Nc2ccccc2)CC1. The first-order valence-corrected chi connectivity index (χ1v) is 9.64. The monoisotopic (exact) mass is 355 g/mol. The van der Waals surface area contributed by atoms with Crippen molar-refractivity contribution < 1.29 is 22.9 Å². The van der Waals surface area contributed by atoms with Crippen LogP contribution in [0.5, 0.6) is 0 Å². The van der Waals surface area contributed by atoms with Gasteiger partial charge in [0, 0.05) is 5.69 Å². The summed E-state index contributed by atoms with van der Waals surface area (Å²) in [6.45, 7) is 3.38. The molecule has 1 aliphatic rings. The van der Waals surface area contributed by atoms with Gasteiger partial charge in [-0.2, -0.15) is 4.31 Å². The molecule has 0 spiro atoms. The predicted octanol–water partition coefficient (Wildman–Crippen LogP) is -2.10. The lowest BCUT2D eigenvalue weighted by Crippen LogP contribution is -3.15. The van der Waals surface area contributed by atoms with Crippen LogP contribution in [0.4, 0.5) is 5.69 Å². The minimum absolute atomic E-state index is 0.370. The van der Waals surface area contributed by atoms with Gasteiger partial charge < -0.3 is 15.5 Å². The number of anilines is 1. The fraction of sp³-hybridized carbons (Fsp3) is 0.467. The summed E-state index contributed by atoms with van der Waals surface area (Å²) in [5, 5.41) is 5.11. The average Bonchev–Trinajstić information content (AvgIpc) is 2.55. The summed E-state index contributed by atoms with van der Waals surface area (Å²) in [5.74, 6) is -1.37.